The largest absolute Gasteiger partial charge is 0.355 e. The number of rotatable bonds is 4. The van der Waals surface area contributed by atoms with Crippen LogP contribution in [-0.2, 0) is 18.3 Å². The molecule has 4 rings (SSSR count). The normalized spacial score (nSPS) is 22.4. The highest BCUT2D eigenvalue weighted by Gasteiger charge is 2.57. The fraction of sp³-hybridized carbons (Fsp3) is 0.556. The number of nitrogens with one attached hydrogen (secondary N) is 2. The van der Waals surface area contributed by atoms with Gasteiger partial charge in [0.25, 0.3) is 0 Å². The Kier molecular flexibility index (Phi) is 3.60. The van der Waals surface area contributed by atoms with Gasteiger partial charge in [0.2, 0.25) is 5.91 Å². The van der Waals surface area contributed by atoms with E-state index < -0.39 is 0 Å². The highest BCUT2D eigenvalue weighted by atomic mass is 16.2. The lowest BCUT2D eigenvalue weighted by molar-refractivity contribution is -0.123. The molecule has 0 radical (unpaired) electrons. The number of nitrogens with zero attached hydrogens (tertiary/aromatic N) is 2. The Bertz CT molecular complexity index is 730. The monoisotopic (exact) mass is 312 g/mol. The summed E-state index contributed by atoms with van der Waals surface area (Å²) in [6, 6.07) is 8.14. The van der Waals surface area contributed by atoms with Crippen LogP contribution in [0.4, 0.5) is 0 Å². The van der Waals surface area contributed by atoms with Crippen molar-refractivity contribution in [2.75, 3.05) is 19.6 Å². The molecular weight excluding hydrogens is 288 g/mol. The summed E-state index contributed by atoms with van der Waals surface area (Å²) in [7, 11) is 2.04. The number of carbonyl (C=O) groups excluding carboxylic acids is 1. The first-order chi connectivity index (χ1) is 11.2. The number of benzene rings is 1. The molecule has 1 aliphatic carbocycles. The first-order valence-corrected chi connectivity index (χ1v) is 8.58. The van der Waals surface area contributed by atoms with Crippen LogP contribution in [0, 0.1) is 11.3 Å². The van der Waals surface area contributed by atoms with Crippen LogP contribution in [0.15, 0.2) is 24.3 Å². The Morgan fingerprint density at radius 2 is 2.17 bits per heavy atom. The van der Waals surface area contributed by atoms with Crippen LogP contribution >= 0.6 is 0 Å². The van der Waals surface area contributed by atoms with E-state index in [2.05, 4.69) is 26.3 Å². The molecule has 0 bridgehead atoms. The zero-order chi connectivity index (χ0) is 15.9. The molecule has 2 heterocycles. The number of piperidine rings is 1. The number of para-hydroxylation sites is 2. The molecule has 23 heavy (non-hydrogen) atoms. The van der Waals surface area contributed by atoms with E-state index in [1.54, 1.807) is 0 Å². The van der Waals surface area contributed by atoms with Crippen LogP contribution < -0.4 is 10.6 Å². The van der Waals surface area contributed by atoms with Crippen molar-refractivity contribution in [1.29, 1.82) is 0 Å². The third kappa shape index (κ3) is 2.63. The van der Waals surface area contributed by atoms with E-state index in [4.69, 9.17) is 0 Å². The van der Waals surface area contributed by atoms with Crippen LogP contribution in [-0.4, -0.2) is 35.1 Å². The Balaban J connectivity index is 1.33. The topological polar surface area (TPSA) is 59.0 Å². The quantitative estimate of drug-likeness (QED) is 0.902. The Morgan fingerprint density at radius 1 is 1.39 bits per heavy atom. The minimum absolute atomic E-state index is 0.241. The van der Waals surface area contributed by atoms with Crippen molar-refractivity contribution in [3.63, 3.8) is 0 Å². The lowest BCUT2D eigenvalue weighted by Gasteiger charge is -2.23. The molecule has 1 spiro atoms. The van der Waals surface area contributed by atoms with Crippen molar-refractivity contribution < 1.29 is 4.79 Å². The number of hydrogen-bond acceptors (Lipinski definition) is 3. The molecule has 1 saturated carbocycles. The van der Waals surface area contributed by atoms with Crippen molar-refractivity contribution in [2.24, 2.45) is 18.4 Å². The average molecular weight is 312 g/mol. The zero-order valence-corrected chi connectivity index (χ0v) is 13.6. The van der Waals surface area contributed by atoms with Gasteiger partial charge in [-0.2, -0.15) is 0 Å². The maximum absolute atomic E-state index is 12.4. The van der Waals surface area contributed by atoms with E-state index in [-0.39, 0.29) is 11.8 Å². The molecule has 2 N–H and O–H groups in total. The van der Waals surface area contributed by atoms with Crippen molar-refractivity contribution >= 4 is 16.9 Å². The van der Waals surface area contributed by atoms with Gasteiger partial charge in [-0.1, -0.05) is 12.1 Å². The second-order valence-corrected chi connectivity index (χ2v) is 6.99. The Morgan fingerprint density at radius 3 is 2.96 bits per heavy atom. The lowest BCUT2D eigenvalue weighted by atomic mass is 9.92. The highest BCUT2D eigenvalue weighted by Crippen LogP contribution is 2.58. The first-order valence-electron chi connectivity index (χ1n) is 8.58. The van der Waals surface area contributed by atoms with Crippen LogP contribution in [0.3, 0.4) is 0 Å². The molecular formula is C18H24N4O. The number of imidazole rings is 1. The summed E-state index contributed by atoms with van der Waals surface area (Å²) >= 11 is 0. The fourth-order valence-corrected chi connectivity index (χ4v) is 4.04. The highest BCUT2D eigenvalue weighted by molar-refractivity contribution is 5.82. The van der Waals surface area contributed by atoms with Gasteiger partial charge in [0.05, 0.1) is 11.0 Å². The molecule has 1 aliphatic heterocycles. The molecule has 5 heteroatoms. The van der Waals surface area contributed by atoms with E-state index in [1.807, 2.05) is 25.2 Å². The van der Waals surface area contributed by atoms with Gasteiger partial charge in [-0.25, -0.2) is 4.98 Å². The van der Waals surface area contributed by atoms with Crippen LogP contribution in [0.1, 0.15) is 25.1 Å². The molecule has 1 saturated heterocycles. The summed E-state index contributed by atoms with van der Waals surface area (Å²) in [6.07, 6.45) is 4.15. The van der Waals surface area contributed by atoms with Gasteiger partial charge in [-0.15, -0.1) is 0 Å². The number of amides is 1. The van der Waals surface area contributed by atoms with E-state index >= 15 is 0 Å². The molecule has 2 fully saturated rings. The van der Waals surface area contributed by atoms with Crippen LogP contribution in [0.5, 0.6) is 0 Å². The van der Waals surface area contributed by atoms with Gasteiger partial charge in [0.1, 0.15) is 5.82 Å². The minimum Gasteiger partial charge on any atom is -0.355 e. The van der Waals surface area contributed by atoms with Crippen LogP contribution in [0.25, 0.3) is 11.0 Å². The number of fused-ring (bicyclic) bond motifs is 1. The van der Waals surface area contributed by atoms with E-state index in [1.165, 1.54) is 0 Å². The SMILES string of the molecule is Cn1c(CCNC(=O)C2CC23CCNCC3)nc2ccccc21. The molecule has 122 valence electrons. The second-order valence-electron chi connectivity index (χ2n) is 6.99. The summed E-state index contributed by atoms with van der Waals surface area (Å²) in [5, 5.41) is 6.50. The van der Waals surface area contributed by atoms with Gasteiger partial charge < -0.3 is 15.2 Å². The van der Waals surface area contributed by atoms with E-state index in [0.29, 0.717) is 12.0 Å². The second kappa shape index (κ2) is 5.64. The third-order valence-corrected chi connectivity index (χ3v) is 5.63. The summed E-state index contributed by atoms with van der Waals surface area (Å²) in [5.41, 5.74) is 2.48. The van der Waals surface area contributed by atoms with Crippen molar-refractivity contribution in [3.05, 3.63) is 30.1 Å². The summed E-state index contributed by atoms with van der Waals surface area (Å²) in [6.45, 7) is 2.79. The average Bonchev–Trinajstić information content (AvgIpc) is 3.17. The van der Waals surface area contributed by atoms with Crippen LogP contribution in [0.2, 0.25) is 0 Å². The fourth-order valence-electron chi connectivity index (χ4n) is 4.04. The van der Waals surface area contributed by atoms with Gasteiger partial charge in [-0.3, -0.25) is 4.79 Å². The minimum atomic E-state index is 0.241. The molecule has 1 aromatic heterocycles. The Hall–Kier alpha value is -1.88. The summed E-state index contributed by atoms with van der Waals surface area (Å²) < 4.78 is 2.12. The number of aromatic nitrogens is 2. The predicted molar refractivity (Wildman–Crippen MR) is 90.1 cm³/mol. The predicted octanol–water partition coefficient (Wildman–Crippen LogP) is 1.62. The maximum atomic E-state index is 12.4. The maximum Gasteiger partial charge on any atom is 0.223 e. The smallest absolute Gasteiger partial charge is 0.223 e. The van der Waals surface area contributed by atoms with E-state index in [9.17, 15) is 4.79 Å². The number of aryl methyl sites for hydroxylation is 1. The van der Waals surface area contributed by atoms with Crippen molar-refractivity contribution in [2.45, 2.75) is 25.7 Å². The van der Waals surface area contributed by atoms with Gasteiger partial charge >= 0.3 is 0 Å². The molecule has 1 unspecified atom stereocenters. The number of carbonyl (C=O) groups is 1. The number of hydrogen-bond donors (Lipinski definition) is 2. The zero-order valence-electron chi connectivity index (χ0n) is 13.6. The summed E-state index contributed by atoms with van der Waals surface area (Å²) in [4.78, 5) is 17.0. The molecule has 2 aromatic rings. The van der Waals surface area contributed by atoms with Gasteiger partial charge in [0, 0.05) is 25.9 Å². The first kappa shape index (κ1) is 14.7. The van der Waals surface area contributed by atoms with Gasteiger partial charge in [0.15, 0.2) is 0 Å². The van der Waals surface area contributed by atoms with Crippen molar-refractivity contribution in [3.8, 4) is 0 Å². The van der Waals surface area contributed by atoms with Crippen molar-refractivity contribution in [1.82, 2.24) is 20.2 Å². The standard InChI is InChI=1S/C18H24N4O/c1-22-15-5-3-2-4-14(15)21-16(22)6-9-20-17(23)13-12-18(13)7-10-19-11-8-18/h2-5,13,19H,6-12H2,1H3,(H,20,23). The lowest BCUT2D eigenvalue weighted by Crippen LogP contribution is -2.34. The molecule has 5 nitrogen and oxygen atoms in total. The van der Waals surface area contributed by atoms with E-state index in [0.717, 1.165) is 55.6 Å². The molecule has 2 aliphatic rings. The third-order valence-electron chi connectivity index (χ3n) is 5.63. The van der Waals surface area contributed by atoms with Gasteiger partial charge in [-0.05, 0) is 49.9 Å². The molecule has 1 aromatic carbocycles. The summed E-state index contributed by atoms with van der Waals surface area (Å²) in [5.74, 6) is 1.51. The molecule has 1 amide bonds. The molecule has 1 atom stereocenters. The Labute approximate surface area is 136 Å².